The van der Waals surface area contributed by atoms with Gasteiger partial charge in [-0.3, -0.25) is 4.79 Å². The number of phenolic OH excluding ortho intramolecular Hbond substituents is 1. The van der Waals surface area contributed by atoms with Gasteiger partial charge < -0.3 is 10.8 Å². The highest BCUT2D eigenvalue weighted by atomic mass is 16.3. The van der Waals surface area contributed by atoms with E-state index in [1.165, 1.54) is 12.1 Å². The fourth-order valence-electron chi connectivity index (χ4n) is 0.827. The maximum absolute atomic E-state index is 9.96. The van der Waals surface area contributed by atoms with E-state index in [1.807, 2.05) is 0 Å². The molecule has 0 radical (unpaired) electrons. The lowest BCUT2D eigenvalue weighted by Crippen LogP contribution is -1.85. The lowest BCUT2D eigenvalue weighted by molar-refractivity contribution is -0.104. The monoisotopic (exact) mass is 163 g/mol. The van der Waals surface area contributed by atoms with E-state index in [0.29, 0.717) is 12.0 Å². The molecule has 3 nitrogen and oxygen atoms in total. The number of anilines is 1. The standard InChI is InChI=1S/C9H9NO2/c10-8-6-7(2-1-5-11)3-4-9(8)12/h1-6,12H,10H2. The van der Waals surface area contributed by atoms with Gasteiger partial charge in [0.1, 0.15) is 12.0 Å². The molecule has 0 aliphatic heterocycles. The molecule has 0 aliphatic rings. The molecule has 1 rings (SSSR count). The van der Waals surface area contributed by atoms with Crippen molar-refractivity contribution >= 4 is 18.0 Å². The zero-order valence-electron chi connectivity index (χ0n) is 6.40. The fourth-order valence-corrected chi connectivity index (χ4v) is 0.827. The van der Waals surface area contributed by atoms with Crippen LogP contribution in [0, 0.1) is 0 Å². The predicted octanol–water partition coefficient (Wildman–Crippen LogP) is 1.19. The van der Waals surface area contributed by atoms with Crippen LogP contribution < -0.4 is 5.73 Å². The smallest absolute Gasteiger partial charge is 0.142 e. The van der Waals surface area contributed by atoms with E-state index in [9.17, 15) is 4.79 Å². The van der Waals surface area contributed by atoms with Gasteiger partial charge in [-0.15, -0.1) is 0 Å². The Morgan fingerprint density at radius 1 is 1.42 bits per heavy atom. The van der Waals surface area contributed by atoms with Crippen molar-refractivity contribution in [3.63, 3.8) is 0 Å². The molecule has 3 N–H and O–H groups in total. The van der Waals surface area contributed by atoms with Crippen molar-refractivity contribution in [2.45, 2.75) is 0 Å². The van der Waals surface area contributed by atoms with E-state index in [0.717, 1.165) is 5.56 Å². The first kappa shape index (κ1) is 8.33. The Kier molecular flexibility index (Phi) is 2.48. The molecule has 0 heterocycles. The van der Waals surface area contributed by atoms with Gasteiger partial charge >= 0.3 is 0 Å². The highest BCUT2D eigenvalue weighted by molar-refractivity contribution is 5.75. The minimum Gasteiger partial charge on any atom is -0.506 e. The maximum atomic E-state index is 9.96. The van der Waals surface area contributed by atoms with E-state index in [4.69, 9.17) is 10.8 Å². The number of phenols is 1. The molecule has 1 aromatic carbocycles. The van der Waals surface area contributed by atoms with Gasteiger partial charge in [-0.1, -0.05) is 12.1 Å². The lowest BCUT2D eigenvalue weighted by atomic mass is 10.2. The zero-order chi connectivity index (χ0) is 8.97. The summed E-state index contributed by atoms with van der Waals surface area (Å²) in [6.07, 6.45) is 3.66. The Bertz CT molecular complexity index is 318. The summed E-state index contributed by atoms with van der Waals surface area (Å²) in [6, 6.07) is 4.75. The van der Waals surface area contributed by atoms with Crippen molar-refractivity contribution in [2.24, 2.45) is 0 Å². The zero-order valence-corrected chi connectivity index (χ0v) is 6.40. The van der Waals surface area contributed by atoms with E-state index in [1.54, 1.807) is 18.2 Å². The molecule has 0 spiro atoms. The highest BCUT2D eigenvalue weighted by Gasteiger charge is 1.94. The quantitative estimate of drug-likeness (QED) is 0.298. The third kappa shape index (κ3) is 1.85. The average molecular weight is 163 g/mol. The number of allylic oxidation sites excluding steroid dienone is 1. The van der Waals surface area contributed by atoms with E-state index < -0.39 is 0 Å². The van der Waals surface area contributed by atoms with Gasteiger partial charge in [0.05, 0.1) is 5.69 Å². The highest BCUT2D eigenvalue weighted by Crippen LogP contribution is 2.20. The van der Waals surface area contributed by atoms with E-state index in [-0.39, 0.29) is 5.75 Å². The molecule has 0 atom stereocenters. The van der Waals surface area contributed by atoms with E-state index >= 15 is 0 Å². The van der Waals surface area contributed by atoms with Gasteiger partial charge in [0, 0.05) is 0 Å². The molecule has 0 aromatic heterocycles. The van der Waals surface area contributed by atoms with Gasteiger partial charge in [0.25, 0.3) is 0 Å². The van der Waals surface area contributed by atoms with Crippen molar-refractivity contribution in [2.75, 3.05) is 5.73 Å². The predicted molar refractivity (Wildman–Crippen MR) is 47.6 cm³/mol. The number of carbonyl (C=O) groups excluding carboxylic acids is 1. The SMILES string of the molecule is Nc1cc(C=CC=O)ccc1O. The number of carbonyl (C=O) groups is 1. The van der Waals surface area contributed by atoms with Crippen LogP contribution in [-0.2, 0) is 4.79 Å². The second kappa shape index (κ2) is 3.57. The molecule has 3 heteroatoms. The first-order valence-electron chi connectivity index (χ1n) is 3.44. The number of aldehydes is 1. The molecule has 0 unspecified atom stereocenters. The van der Waals surface area contributed by atoms with Crippen LogP contribution in [0.5, 0.6) is 5.75 Å². The molecule has 0 bridgehead atoms. The summed E-state index contributed by atoms with van der Waals surface area (Å²) in [6.45, 7) is 0. The van der Waals surface area contributed by atoms with Gasteiger partial charge in [-0.2, -0.15) is 0 Å². The summed E-state index contributed by atoms with van der Waals surface area (Å²) in [5.41, 5.74) is 6.52. The molecule has 0 fully saturated rings. The molecule has 0 saturated heterocycles. The Labute approximate surface area is 70.1 Å². The number of benzene rings is 1. The number of nitrogen functional groups attached to an aromatic ring is 1. The Hall–Kier alpha value is -1.77. The fraction of sp³-hybridized carbons (Fsp3) is 0. The number of hydrogen-bond acceptors (Lipinski definition) is 3. The second-order valence-corrected chi connectivity index (χ2v) is 2.31. The molecule has 0 aliphatic carbocycles. The van der Waals surface area contributed by atoms with Crippen LogP contribution in [0.15, 0.2) is 24.3 Å². The lowest BCUT2D eigenvalue weighted by Gasteiger charge is -1.98. The first-order valence-corrected chi connectivity index (χ1v) is 3.44. The van der Waals surface area contributed by atoms with Crippen LogP contribution in [-0.4, -0.2) is 11.4 Å². The number of nitrogens with two attached hydrogens (primary N) is 1. The van der Waals surface area contributed by atoms with Gasteiger partial charge in [0.2, 0.25) is 0 Å². The number of aromatic hydroxyl groups is 1. The third-order valence-corrected chi connectivity index (χ3v) is 1.42. The minimum absolute atomic E-state index is 0.0539. The van der Waals surface area contributed by atoms with Crippen molar-refractivity contribution < 1.29 is 9.90 Å². The van der Waals surface area contributed by atoms with Crippen LogP contribution in [0.1, 0.15) is 5.56 Å². The topological polar surface area (TPSA) is 63.3 Å². The summed E-state index contributed by atoms with van der Waals surface area (Å²) in [4.78, 5) is 9.96. The second-order valence-electron chi connectivity index (χ2n) is 2.31. The molecule has 0 amide bonds. The molecule has 0 saturated carbocycles. The molecule has 12 heavy (non-hydrogen) atoms. The average Bonchev–Trinajstić information content (AvgIpc) is 2.07. The molecular formula is C9H9NO2. The molecule has 62 valence electrons. The Morgan fingerprint density at radius 3 is 2.75 bits per heavy atom. The van der Waals surface area contributed by atoms with E-state index in [2.05, 4.69) is 0 Å². The van der Waals surface area contributed by atoms with Gasteiger partial charge in [-0.25, -0.2) is 0 Å². The normalized spacial score (nSPS) is 10.3. The van der Waals surface area contributed by atoms with Crippen LogP contribution in [0.25, 0.3) is 6.08 Å². The Balaban J connectivity index is 2.96. The third-order valence-electron chi connectivity index (χ3n) is 1.42. The minimum atomic E-state index is 0.0539. The summed E-state index contributed by atoms with van der Waals surface area (Å²) >= 11 is 0. The van der Waals surface area contributed by atoms with Crippen molar-refractivity contribution in [1.82, 2.24) is 0 Å². The van der Waals surface area contributed by atoms with Gasteiger partial charge in [0.15, 0.2) is 0 Å². The first-order chi connectivity index (χ1) is 5.74. The Morgan fingerprint density at radius 2 is 2.17 bits per heavy atom. The van der Waals surface area contributed by atoms with Crippen molar-refractivity contribution in [3.8, 4) is 5.75 Å². The van der Waals surface area contributed by atoms with Crippen molar-refractivity contribution in [1.29, 1.82) is 0 Å². The molecular weight excluding hydrogens is 154 g/mol. The van der Waals surface area contributed by atoms with Crippen molar-refractivity contribution in [3.05, 3.63) is 29.8 Å². The number of rotatable bonds is 2. The van der Waals surface area contributed by atoms with Crippen LogP contribution in [0.3, 0.4) is 0 Å². The summed E-state index contributed by atoms with van der Waals surface area (Å²) in [7, 11) is 0. The van der Waals surface area contributed by atoms with Crippen LogP contribution in [0.2, 0.25) is 0 Å². The summed E-state index contributed by atoms with van der Waals surface area (Å²) < 4.78 is 0. The summed E-state index contributed by atoms with van der Waals surface area (Å²) in [5, 5.41) is 9.05. The van der Waals surface area contributed by atoms with Crippen LogP contribution >= 0.6 is 0 Å². The molecule has 1 aromatic rings. The number of hydrogen-bond donors (Lipinski definition) is 2. The maximum Gasteiger partial charge on any atom is 0.142 e. The van der Waals surface area contributed by atoms with Gasteiger partial charge in [-0.05, 0) is 23.8 Å². The summed E-state index contributed by atoms with van der Waals surface area (Å²) in [5.74, 6) is 0.0539. The largest absolute Gasteiger partial charge is 0.506 e. The van der Waals surface area contributed by atoms with Crippen LogP contribution in [0.4, 0.5) is 5.69 Å².